The molecule has 2 amide bonds. The van der Waals surface area contributed by atoms with Gasteiger partial charge in [-0.15, -0.1) is 0 Å². The number of phenolic OH excluding ortho intramolecular Hbond substituents is 1. The number of imide groups is 1. The van der Waals surface area contributed by atoms with Crippen LogP contribution < -0.4 is 0 Å². The monoisotopic (exact) mass is 553 g/mol. The van der Waals surface area contributed by atoms with Gasteiger partial charge in [-0.3, -0.25) is 19.3 Å². The topological polar surface area (TPSA) is 145 Å². The van der Waals surface area contributed by atoms with Crippen molar-refractivity contribution < 1.29 is 39.4 Å². The number of amides is 2. The van der Waals surface area contributed by atoms with E-state index in [1.165, 1.54) is 10.5 Å². The smallest absolute Gasteiger partial charge is 0.455 e. The van der Waals surface area contributed by atoms with Crippen LogP contribution in [0.3, 0.4) is 0 Å². The largest absolute Gasteiger partial charge is 0.508 e. The number of aliphatic carboxylic acids is 1. The molecule has 2 aliphatic heterocycles. The number of rotatable bonds is 13. The van der Waals surface area contributed by atoms with Crippen molar-refractivity contribution in [3.8, 4) is 5.75 Å². The van der Waals surface area contributed by atoms with Crippen LogP contribution in [0.25, 0.3) is 6.08 Å². The second-order valence-electron chi connectivity index (χ2n) is 11.2. The van der Waals surface area contributed by atoms with Crippen molar-refractivity contribution in [2.45, 2.75) is 77.1 Å². The van der Waals surface area contributed by atoms with Gasteiger partial charge in [0.05, 0.1) is 24.5 Å². The number of carbonyl (C=O) groups is 3. The zero-order valence-electron chi connectivity index (χ0n) is 23.1. The second-order valence-corrected chi connectivity index (χ2v) is 11.2. The minimum atomic E-state index is -1.07. The summed E-state index contributed by atoms with van der Waals surface area (Å²) in [4.78, 5) is 38.9. The average molecular weight is 553 g/mol. The highest BCUT2D eigenvalue weighted by atomic mass is 16.5. The van der Waals surface area contributed by atoms with E-state index in [1.54, 1.807) is 12.1 Å². The Balaban J connectivity index is 1.50. The molecule has 1 aromatic carbocycles. The summed E-state index contributed by atoms with van der Waals surface area (Å²) >= 11 is 0. The summed E-state index contributed by atoms with van der Waals surface area (Å²) in [5, 5.41) is 39.4. The number of carbonyl (C=O) groups excluding carboxylic acids is 2. The van der Waals surface area contributed by atoms with Gasteiger partial charge in [0.2, 0.25) is 11.8 Å². The molecule has 0 radical (unpaired) electrons. The molecule has 216 valence electrons. The minimum absolute atomic E-state index is 0.0612. The van der Waals surface area contributed by atoms with E-state index >= 15 is 0 Å². The van der Waals surface area contributed by atoms with Gasteiger partial charge >= 0.3 is 13.1 Å². The summed E-state index contributed by atoms with van der Waals surface area (Å²) in [6, 6.07) is 7.01. The van der Waals surface area contributed by atoms with Crippen LogP contribution >= 0.6 is 0 Å². The number of aromatic hydroxyl groups is 1. The third-order valence-corrected chi connectivity index (χ3v) is 8.43. The van der Waals surface area contributed by atoms with Crippen LogP contribution in [0.5, 0.6) is 5.75 Å². The fourth-order valence-corrected chi connectivity index (χ4v) is 6.63. The highest BCUT2D eigenvalue weighted by Gasteiger charge is 2.57. The highest BCUT2D eigenvalue weighted by Crippen LogP contribution is 2.50. The molecule has 2 saturated heterocycles. The Kier molecular flexibility index (Phi) is 10.2. The second kappa shape index (κ2) is 13.6. The van der Waals surface area contributed by atoms with Crippen molar-refractivity contribution in [2.24, 2.45) is 17.8 Å². The van der Waals surface area contributed by atoms with Gasteiger partial charge in [0.15, 0.2) is 0 Å². The lowest BCUT2D eigenvalue weighted by Crippen LogP contribution is -2.46. The van der Waals surface area contributed by atoms with Gasteiger partial charge in [0.1, 0.15) is 5.75 Å². The molecule has 4 N–H and O–H groups in total. The first-order chi connectivity index (χ1) is 19.2. The summed E-state index contributed by atoms with van der Waals surface area (Å²) in [6.07, 6.45) is 6.96. The Labute approximate surface area is 235 Å². The third kappa shape index (κ3) is 6.85. The van der Waals surface area contributed by atoms with Crippen LogP contribution in [0.4, 0.5) is 0 Å². The van der Waals surface area contributed by atoms with Gasteiger partial charge in [0.25, 0.3) is 0 Å². The van der Waals surface area contributed by atoms with Crippen molar-refractivity contribution >= 4 is 31.0 Å². The zero-order valence-corrected chi connectivity index (χ0v) is 23.1. The number of phenols is 1. The van der Waals surface area contributed by atoms with Crippen LogP contribution in [-0.4, -0.2) is 69.4 Å². The molecular formula is C30H40BNO8. The molecule has 2 heterocycles. The number of carboxylic acid groups (broad SMARTS) is 1. The van der Waals surface area contributed by atoms with E-state index in [0.717, 1.165) is 29.6 Å². The quantitative estimate of drug-likeness (QED) is 0.125. The molecule has 9 nitrogen and oxygen atoms in total. The molecular weight excluding hydrogens is 513 g/mol. The molecule has 3 aliphatic rings. The van der Waals surface area contributed by atoms with E-state index in [2.05, 4.69) is 13.0 Å². The predicted octanol–water partition coefficient (Wildman–Crippen LogP) is 3.79. The molecule has 4 atom stereocenters. The Bertz CT molecular complexity index is 1150. The molecule has 1 aliphatic carbocycles. The number of nitrogens with zero attached hydrogens (tertiary/aromatic N) is 1. The maximum absolute atomic E-state index is 13.5. The molecule has 10 heteroatoms. The fourth-order valence-electron chi connectivity index (χ4n) is 6.63. The molecule has 40 heavy (non-hydrogen) atoms. The summed E-state index contributed by atoms with van der Waals surface area (Å²) in [7, 11) is -1.07. The highest BCUT2D eigenvalue weighted by molar-refractivity contribution is 6.43. The summed E-state index contributed by atoms with van der Waals surface area (Å²) in [5.41, 5.74) is 3.78. The molecule has 0 spiro atoms. The fraction of sp³-hybridized carbons (Fsp3) is 0.567. The average Bonchev–Trinajstić information content (AvgIpc) is 3.16. The number of carboxylic acids is 1. The molecule has 0 aromatic heterocycles. The van der Waals surface area contributed by atoms with Crippen molar-refractivity contribution in [1.82, 2.24) is 4.90 Å². The standard InChI is InChI=1S/C30H40BNO8/c1-2-6-19(15-20-8-11-22(34)12-9-20)10-13-25-27-21(18-33)16-23-28(24(27)17-31(39)40-25)30(38)32(29(23)37)14-5-3-4-7-26(35)36/h8-9,11-12,15,23-25,28,33-34,39H,2-7,10,13-14,16-18H2,1H3,(H,35,36)/b19-15+/t23-,24+,25-,28-/m1/s1. The predicted molar refractivity (Wildman–Crippen MR) is 150 cm³/mol. The molecule has 4 rings (SSSR count). The van der Waals surface area contributed by atoms with Crippen LogP contribution in [0.2, 0.25) is 6.32 Å². The van der Waals surface area contributed by atoms with E-state index < -0.39 is 31.0 Å². The first kappa shape index (κ1) is 30.0. The Morgan fingerprint density at radius 1 is 1.07 bits per heavy atom. The van der Waals surface area contributed by atoms with Crippen molar-refractivity contribution in [1.29, 1.82) is 0 Å². The van der Waals surface area contributed by atoms with Crippen molar-refractivity contribution in [3.63, 3.8) is 0 Å². The van der Waals surface area contributed by atoms with Gasteiger partial charge in [-0.05, 0) is 79.6 Å². The number of allylic oxidation sites excluding steroid dienone is 1. The number of aliphatic hydroxyl groups is 1. The van der Waals surface area contributed by atoms with Crippen molar-refractivity contribution in [3.05, 3.63) is 46.5 Å². The van der Waals surface area contributed by atoms with Gasteiger partial charge < -0.3 is 25.0 Å². The number of aliphatic hydroxyl groups excluding tert-OH is 1. The van der Waals surface area contributed by atoms with E-state index in [9.17, 15) is 29.6 Å². The van der Waals surface area contributed by atoms with Crippen LogP contribution in [-0.2, 0) is 19.0 Å². The molecule has 1 aromatic rings. The number of hydrogen-bond donors (Lipinski definition) is 4. The van der Waals surface area contributed by atoms with Gasteiger partial charge in [0, 0.05) is 13.0 Å². The molecule has 2 fully saturated rings. The van der Waals surface area contributed by atoms with E-state index in [4.69, 9.17) is 9.76 Å². The summed E-state index contributed by atoms with van der Waals surface area (Å²) in [5.74, 6) is -2.64. The molecule has 0 saturated carbocycles. The zero-order chi connectivity index (χ0) is 28.8. The maximum Gasteiger partial charge on any atom is 0.455 e. The molecule has 0 bridgehead atoms. The summed E-state index contributed by atoms with van der Waals surface area (Å²) < 4.78 is 6.00. The van der Waals surface area contributed by atoms with E-state index in [0.29, 0.717) is 38.5 Å². The lowest BCUT2D eigenvalue weighted by atomic mass is 9.58. The maximum atomic E-state index is 13.5. The number of hydrogen-bond acceptors (Lipinski definition) is 7. The molecule has 0 unspecified atom stereocenters. The van der Waals surface area contributed by atoms with E-state index in [1.807, 2.05) is 12.1 Å². The van der Waals surface area contributed by atoms with Crippen LogP contribution in [0.15, 0.2) is 41.0 Å². The number of likely N-dealkylation sites (tertiary alicyclic amines) is 1. The minimum Gasteiger partial charge on any atom is -0.508 e. The Hall–Kier alpha value is -2.95. The lowest BCUT2D eigenvalue weighted by Gasteiger charge is -2.43. The van der Waals surface area contributed by atoms with Crippen LogP contribution in [0, 0.1) is 17.8 Å². The normalized spacial score (nSPS) is 24.9. The number of unbranched alkanes of at least 4 members (excludes halogenated alkanes) is 2. The van der Waals surface area contributed by atoms with E-state index in [-0.39, 0.29) is 49.4 Å². The van der Waals surface area contributed by atoms with Gasteiger partial charge in [-0.1, -0.05) is 43.5 Å². The first-order valence-electron chi connectivity index (χ1n) is 14.4. The van der Waals surface area contributed by atoms with Gasteiger partial charge in [-0.25, -0.2) is 0 Å². The Morgan fingerprint density at radius 3 is 2.50 bits per heavy atom. The van der Waals surface area contributed by atoms with Crippen molar-refractivity contribution in [2.75, 3.05) is 13.2 Å². The number of fused-ring (bicyclic) bond motifs is 3. The third-order valence-electron chi connectivity index (χ3n) is 8.43. The lowest BCUT2D eigenvalue weighted by molar-refractivity contribution is -0.141. The van der Waals surface area contributed by atoms with Gasteiger partial charge in [-0.2, -0.15) is 0 Å². The summed E-state index contributed by atoms with van der Waals surface area (Å²) in [6.45, 7) is 2.13. The Morgan fingerprint density at radius 2 is 1.82 bits per heavy atom. The van der Waals surface area contributed by atoms with Crippen LogP contribution in [0.1, 0.15) is 70.3 Å². The first-order valence-corrected chi connectivity index (χ1v) is 14.4. The number of benzene rings is 1. The SMILES string of the molecule is CCC/C(=C\c1ccc(O)cc1)CC[C@H]1OB(O)C[C@H]2C1=C(CO)C[C@H]1C(=O)N(CCCCCC(=O)O)C(=O)[C@H]12.